The minimum Gasteiger partial charge on any atom is -0.478 e. The Morgan fingerprint density at radius 2 is 1.51 bits per heavy atom. The fraction of sp³-hybridized carbons (Fsp3) is 0.367. The molecule has 2 aliphatic heterocycles. The van der Waals surface area contributed by atoms with Crippen LogP contribution in [0.3, 0.4) is 0 Å². The number of aromatic carboxylic acids is 1. The van der Waals surface area contributed by atoms with Crippen molar-refractivity contribution in [3.63, 3.8) is 0 Å². The number of carboxylic acids is 1. The molecule has 0 bridgehead atoms. The first-order valence-corrected chi connectivity index (χ1v) is 13.0. The molecule has 2 fully saturated rings. The number of piperidine rings is 1. The highest BCUT2D eigenvalue weighted by molar-refractivity contribution is 5.95. The molecule has 0 spiro atoms. The largest absolute Gasteiger partial charge is 0.478 e. The number of fused-ring (bicyclic) bond motifs is 2. The van der Waals surface area contributed by atoms with Crippen molar-refractivity contribution in [1.29, 1.82) is 0 Å². The van der Waals surface area contributed by atoms with E-state index in [4.69, 9.17) is 0 Å². The predicted molar refractivity (Wildman–Crippen MR) is 142 cm³/mol. The number of nitrogens with zero attached hydrogens (tertiary/aromatic N) is 2. The Labute approximate surface area is 207 Å². The van der Waals surface area contributed by atoms with Crippen molar-refractivity contribution in [2.45, 2.75) is 45.2 Å². The second-order valence-electron chi connectivity index (χ2n) is 10.4. The smallest absolute Gasteiger partial charge is 0.337 e. The van der Waals surface area contributed by atoms with Crippen LogP contribution in [0.4, 0.5) is 22.7 Å². The molecule has 0 aromatic heterocycles. The highest BCUT2D eigenvalue weighted by Crippen LogP contribution is 2.38. The molecule has 5 heteroatoms. The molecular formula is C30H33N3O2. The second-order valence-corrected chi connectivity index (χ2v) is 10.4. The summed E-state index contributed by atoms with van der Waals surface area (Å²) in [7, 11) is 0. The molecule has 6 rings (SSSR count). The van der Waals surface area contributed by atoms with E-state index in [2.05, 4.69) is 51.5 Å². The molecule has 2 N–H and O–H groups in total. The Kier molecular flexibility index (Phi) is 5.85. The Morgan fingerprint density at radius 3 is 2.31 bits per heavy atom. The molecule has 3 aromatic rings. The molecular weight excluding hydrogens is 434 g/mol. The van der Waals surface area contributed by atoms with Gasteiger partial charge in [-0.25, -0.2) is 4.79 Å². The Hall–Kier alpha value is -3.47. The van der Waals surface area contributed by atoms with Gasteiger partial charge in [-0.3, -0.25) is 0 Å². The molecule has 0 radical (unpaired) electrons. The van der Waals surface area contributed by atoms with Crippen LogP contribution >= 0.6 is 0 Å². The Balaban J connectivity index is 1.13. The number of nitrogens with one attached hydrogen (secondary N) is 1. The number of carboxylic acid groups (broad SMARTS) is 1. The minimum absolute atomic E-state index is 0.280. The summed E-state index contributed by atoms with van der Waals surface area (Å²) in [5.74, 6) is 0.918. The lowest BCUT2D eigenvalue weighted by atomic mass is 9.75. The molecule has 2 atom stereocenters. The summed E-state index contributed by atoms with van der Waals surface area (Å²) in [4.78, 5) is 16.5. The van der Waals surface area contributed by atoms with Gasteiger partial charge in [0.15, 0.2) is 0 Å². The maximum atomic E-state index is 11.5. The van der Waals surface area contributed by atoms with Crippen molar-refractivity contribution in [3.05, 3.63) is 83.4 Å². The van der Waals surface area contributed by atoms with Crippen molar-refractivity contribution in [3.8, 4) is 0 Å². The topological polar surface area (TPSA) is 55.8 Å². The van der Waals surface area contributed by atoms with E-state index >= 15 is 0 Å². The molecule has 1 saturated carbocycles. The van der Waals surface area contributed by atoms with Gasteiger partial charge in [0.1, 0.15) is 0 Å². The zero-order chi connectivity index (χ0) is 23.8. The SMILES string of the molecule is O=C(O)c1ccccc1Nc1ccc2c(c1)CN(c1ccc(N3CCC4CCCCC4C3)cc1)C2. The second kappa shape index (κ2) is 9.29. The number of hydrogen-bond donors (Lipinski definition) is 2. The zero-order valence-electron chi connectivity index (χ0n) is 20.1. The first-order valence-electron chi connectivity index (χ1n) is 13.0. The highest BCUT2D eigenvalue weighted by Gasteiger charge is 2.31. The van der Waals surface area contributed by atoms with Crippen LogP contribution in [0, 0.1) is 11.8 Å². The van der Waals surface area contributed by atoms with Crippen molar-refractivity contribution in [2.24, 2.45) is 11.8 Å². The van der Waals surface area contributed by atoms with E-state index < -0.39 is 5.97 Å². The molecule has 180 valence electrons. The van der Waals surface area contributed by atoms with E-state index in [-0.39, 0.29) is 5.56 Å². The van der Waals surface area contributed by atoms with Crippen LogP contribution < -0.4 is 15.1 Å². The van der Waals surface area contributed by atoms with Crippen molar-refractivity contribution >= 4 is 28.7 Å². The van der Waals surface area contributed by atoms with Crippen molar-refractivity contribution in [2.75, 3.05) is 28.2 Å². The lowest BCUT2D eigenvalue weighted by Crippen LogP contribution is -2.41. The number of anilines is 4. The van der Waals surface area contributed by atoms with Gasteiger partial charge in [0.2, 0.25) is 0 Å². The van der Waals surface area contributed by atoms with Crippen LogP contribution in [0.2, 0.25) is 0 Å². The van der Waals surface area contributed by atoms with Gasteiger partial charge in [-0.2, -0.15) is 0 Å². The zero-order valence-corrected chi connectivity index (χ0v) is 20.1. The summed E-state index contributed by atoms with van der Waals surface area (Å²) in [6.07, 6.45) is 7.04. The van der Waals surface area contributed by atoms with Crippen LogP contribution in [0.25, 0.3) is 0 Å². The van der Waals surface area contributed by atoms with Gasteiger partial charge in [0.05, 0.1) is 11.3 Å². The predicted octanol–water partition coefficient (Wildman–Crippen LogP) is 6.67. The van der Waals surface area contributed by atoms with E-state index in [1.165, 1.54) is 67.7 Å². The first kappa shape index (κ1) is 22.0. The van der Waals surface area contributed by atoms with Gasteiger partial charge in [0, 0.05) is 43.2 Å². The van der Waals surface area contributed by atoms with E-state index in [1.807, 2.05) is 12.1 Å². The maximum Gasteiger partial charge on any atom is 0.337 e. The molecule has 0 amide bonds. The summed E-state index contributed by atoms with van der Waals surface area (Å²) in [6.45, 7) is 4.17. The van der Waals surface area contributed by atoms with Gasteiger partial charge in [-0.05, 0) is 84.3 Å². The van der Waals surface area contributed by atoms with Crippen LogP contribution in [0.1, 0.15) is 53.6 Å². The minimum atomic E-state index is -0.924. The third-order valence-electron chi connectivity index (χ3n) is 8.24. The highest BCUT2D eigenvalue weighted by atomic mass is 16.4. The molecule has 1 saturated heterocycles. The molecule has 2 heterocycles. The van der Waals surface area contributed by atoms with Crippen LogP contribution in [-0.2, 0) is 13.1 Å². The van der Waals surface area contributed by atoms with E-state index in [1.54, 1.807) is 18.2 Å². The lowest BCUT2D eigenvalue weighted by Gasteiger charge is -2.42. The summed E-state index contributed by atoms with van der Waals surface area (Å²) in [5.41, 5.74) is 7.03. The number of carbonyl (C=O) groups is 1. The Bertz CT molecular complexity index is 1220. The van der Waals surface area contributed by atoms with Gasteiger partial charge >= 0.3 is 5.97 Å². The van der Waals surface area contributed by atoms with Gasteiger partial charge in [-0.15, -0.1) is 0 Å². The molecule has 1 aliphatic carbocycles. The average Bonchev–Trinajstić information content (AvgIpc) is 3.32. The standard InChI is InChI=1S/C30H33N3O2/c34-30(35)28-7-3-4-8-29(28)31-25-10-9-23-19-33(20-24(23)17-25)27-13-11-26(12-14-27)32-16-15-21-5-1-2-6-22(21)18-32/h3-4,7-14,17,21-22,31H,1-2,5-6,15-16,18-20H2,(H,34,35). The molecule has 35 heavy (non-hydrogen) atoms. The summed E-state index contributed by atoms with van der Waals surface area (Å²) >= 11 is 0. The number of hydrogen-bond acceptors (Lipinski definition) is 4. The third-order valence-corrected chi connectivity index (χ3v) is 8.24. The van der Waals surface area contributed by atoms with Crippen LogP contribution in [0.5, 0.6) is 0 Å². The lowest BCUT2D eigenvalue weighted by molar-refractivity contribution is 0.0698. The van der Waals surface area contributed by atoms with Gasteiger partial charge < -0.3 is 20.2 Å². The number of benzene rings is 3. The van der Waals surface area contributed by atoms with E-state index in [9.17, 15) is 9.90 Å². The molecule has 3 aliphatic rings. The summed E-state index contributed by atoms with van der Waals surface area (Å²) in [6, 6.07) is 22.5. The maximum absolute atomic E-state index is 11.5. The Morgan fingerprint density at radius 1 is 0.800 bits per heavy atom. The van der Waals surface area contributed by atoms with E-state index in [0.717, 1.165) is 30.6 Å². The molecule has 3 aromatic carbocycles. The van der Waals surface area contributed by atoms with E-state index in [0.29, 0.717) is 5.69 Å². The van der Waals surface area contributed by atoms with Gasteiger partial charge in [-0.1, -0.05) is 37.5 Å². The monoisotopic (exact) mass is 467 g/mol. The molecule has 5 nitrogen and oxygen atoms in total. The van der Waals surface area contributed by atoms with Crippen LogP contribution in [-0.4, -0.2) is 24.2 Å². The number of rotatable bonds is 5. The summed E-state index contributed by atoms with van der Waals surface area (Å²) < 4.78 is 0. The van der Waals surface area contributed by atoms with Crippen molar-refractivity contribution < 1.29 is 9.90 Å². The number of para-hydroxylation sites is 1. The quantitative estimate of drug-likeness (QED) is 0.439. The third kappa shape index (κ3) is 4.47. The fourth-order valence-electron chi connectivity index (χ4n) is 6.30. The summed E-state index contributed by atoms with van der Waals surface area (Å²) in [5, 5.41) is 12.8. The first-order chi connectivity index (χ1) is 17.1. The van der Waals surface area contributed by atoms with Crippen molar-refractivity contribution in [1.82, 2.24) is 0 Å². The normalized spacial score (nSPS) is 21.4. The molecule has 2 unspecified atom stereocenters. The fourth-order valence-corrected chi connectivity index (χ4v) is 6.30. The van der Waals surface area contributed by atoms with Gasteiger partial charge in [0.25, 0.3) is 0 Å². The van der Waals surface area contributed by atoms with Crippen LogP contribution in [0.15, 0.2) is 66.7 Å². The average molecular weight is 468 g/mol.